The zero-order chi connectivity index (χ0) is 16.1. The van der Waals surface area contributed by atoms with Gasteiger partial charge in [-0.15, -0.1) is 0 Å². The Hall–Kier alpha value is -1.60. The molecule has 0 spiro atoms. The third-order valence-corrected chi connectivity index (χ3v) is 4.36. The van der Waals surface area contributed by atoms with Crippen LogP contribution in [0.25, 0.3) is 0 Å². The molecule has 1 aromatic carbocycles. The van der Waals surface area contributed by atoms with Crippen molar-refractivity contribution in [2.24, 2.45) is 0 Å². The molecule has 1 unspecified atom stereocenters. The molecule has 0 aliphatic carbocycles. The number of aromatic hydroxyl groups is 1. The number of benzene rings is 1. The molecule has 1 aromatic rings. The second-order valence-electron chi connectivity index (χ2n) is 5.15. The molecule has 1 atom stereocenters. The van der Waals surface area contributed by atoms with E-state index in [-0.39, 0.29) is 24.2 Å². The predicted octanol–water partition coefficient (Wildman–Crippen LogP) is 2.04. The van der Waals surface area contributed by atoms with Gasteiger partial charge in [-0.1, -0.05) is 15.9 Å². The molecule has 3 amide bonds. The summed E-state index contributed by atoms with van der Waals surface area (Å²) in [6.45, 7) is 0.851. The van der Waals surface area contributed by atoms with E-state index in [0.29, 0.717) is 19.4 Å². The molecular formula is C15H19BrN2O4. The fourth-order valence-corrected chi connectivity index (χ4v) is 2.85. The van der Waals surface area contributed by atoms with Crippen molar-refractivity contribution >= 4 is 27.9 Å². The fourth-order valence-electron chi connectivity index (χ4n) is 2.40. The average Bonchev–Trinajstić information content (AvgIpc) is 2.75. The molecule has 1 aliphatic heterocycles. The molecule has 1 aliphatic rings. The van der Waals surface area contributed by atoms with E-state index in [1.165, 1.54) is 4.90 Å². The van der Waals surface area contributed by atoms with Crippen molar-refractivity contribution in [3.63, 3.8) is 0 Å². The molecular weight excluding hydrogens is 352 g/mol. The van der Waals surface area contributed by atoms with Crippen molar-refractivity contribution in [3.05, 3.63) is 28.2 Å². The zero-order valence-electron chi connectivity index (χ0n) is 12.3. The van der Waals surface area contributed by atoms with Crippen LogP contribution in [0.15, 0.2) is 22.7 Å². The van der Waals surface area contributed by atoms with Crippen molar-refractivity contribution < 1.29 is 19.4 Å². The Bertz CT molecular complexity index is 564. The smallest absolute Gasteiger partial charge is 0.324 e. The van der Waals surface area contributed by atoms with E-state index >= 15 is 0 Å². The summed E-state index contributed by atoms with van der Waals surface area (Å²) in [6.07, 6.45) is 1.78. The van der Waals surface area contributed by atoms with Gasteiger partial charge in [0.2, 0.25) is 0 Å². The molecule has 120 valence electrons. The monoisotopic (exact) mass is 370 g/mol. The van der Waals surface area contributed by atoms with Gasteiger partial charge in [0, 0.05) is 24.7 Å². The van der Waals surface area contributed by atoms with E-state index in [2.05, 4.69) is 21.2 Å². The maximum atomic E-state index is 12.2. The van der Waals surface area contributed by atoms with Crippen molar-refractivity contribution in [1.29, 1.82) is 0 Å². The highest BCUT2D eigenvalue weighted by molar-refractivity contribution is 9.10. The van der Waals surface area contributed by atoms with Crippen LogP contribution < -0.4 is 5.32 Å². The van der Waals surface area contributed by atoms with Crippen molar-refractivity contribution in [2.75, 3.05) is 20.3 Å². The summed E-state index contributed by atoms with van der Waals surface area (Å²) in [5, 5.41) is 12.2. The molecule has 2 rings (SSSR count). The molecule has 22 heavy (non-hydrogen) atoms. The molecule has 0 bridgehead atoms. The molecule has 2 N–H and O–H groups in total. The first kappa shape index (κ1) is 16.8. The summed E-state index contributed by atoms with van der Waals surface area (Å²) in [5.41, 5.74) is 0.850. The molecule has 0 aromatic heterocycles. The lowest BCUT2D eigenvalue weighted by atomic mass is 10.1. The number of phenolic OH excluding ortho intramolecular Hbond substituents is 1. The standard InChI is InChI=1S/C15H19BrN2O4/c1-22-8-2-3-13-14(20)18(15(21)17-13)7-6-10-9-11(19)4-5-12(10)16/h4-5,9,13,19H,2-3,6-8H2,1H3,(H,17,21). The lowest BCUT2D eigenvalue weighted by Crippen LogP contribution is -2.33. The number of methoxy groups -OCH3 is 1. The lowest BCUT2D eigenvalue weighted by Gasteiger charge is -2.14. The van der Waals surface area contributed by atoms with Crippen molar-refractivity contribution in [2.45, 2.75) is 25.3 Å². The third kappa shape index (κ3) is 3.98. The topological polar surface area (TPSA) is 78.9 Å². The van der Waals surface area contributed by atoms with Gasteiger partial charge < -0.3 is 15.2 Å². The van der Waals surface area contributed by atoms with Gasteiger partial charge >= 0.3 is 6.03 Å². The van der Waals surface area contributed by atoms with Gasteiger partial charge in [0.15, 0.2) is 0 Å². The zero-order valence-corrected chi connectivity index (χ0v) is 13.9. The minimum absolute atomic E-state index is 0.160. The van der Waals surface area contributed by atoms with E-state index in [1.807, 2.05) is 0 Å². The number of carbonyl (C=O) groups is 2. The predicted molar refractivity (Wildman–Crippen MR) is 84.7 cm³/mol. The van der Waals surface area contributed by atoms with Crippen LogP contribution in [0, 0.1) is 0 Å². The van der Waals surface area contributed by atoms with Crippen LogP contribution in [-0.2, 0) is 16.0 Å². The Morgan fingerprint density at radius 3 is 2.91 bits per heavy atom. The molecule has 1 saturated heterocycles. The van der Waals surface area contributed by atoms with Crippen LogP contribution in [0.5, 0.6) is 5.75 Å². The normalized spacial score (nSPS) is 17.9. The number of nitrogens with one attached hydrogen (secondary N) is 1. The van der Waals surface area contributed by atoms with Gasteiger partial charge in [0.1, 0.15) is 11.8 Å². The number of ether oxygens (including phenoxy) is 1. The van der Waals surface area contributed by atoms with Crippen molar-refractivity contribution in [3.8, 4) is 5.75 Å². The first-order valence-corrected chi connectivity index (χ1v) is 7.90. The maximum Gasteiger partial charge on any atom is 0.324 e. The summed E-state index contributed by atoms with van der Waals surface area (Å²) in [7, 11) is 1.61. The van der Waals surface area contributed by atoms with E-state index in [9.17, 15) is 14.7 Å². The quantitative estimate of drug-likeness (QED) is 0.568. The number of halogens is 1. The van der Waals surface area contributed by atoms with Crippen LogP contribution in [0.4, 0.5) is 4.79 Å². The fraction of sp³-hybridized carbons (Fsp3) is 0.467. The number of phenols is 1. The Morgan fingerprint density at radius 1 is 1.41 bits per heavy atom. The van der Waals surface area contributed by atoms with E-state index in [4.69, 9.17) is 4.74 Å². The van der Waals surface area contributed by atoms with E-state index in [1.54, 1.807) is 25.3 Å². The van der Waals surface area contributed by atoms with Crippen LogP contribution in [-0.4, -0.2) is 48.2 Å². The Balaban J connectivity index is 1.93. The summed E-state index contributed by atoms with van der Waals surface area (Å²) in [4.78, 5) is 25.4. The van der Waals surface area contributed by atoms with Crippen LogP contribution in [0.1, 0.15) is 18.4 Å². The largest absolute Gasteiger partial charge is 0.508 e. The van der Waals surface area contributed by atoms with Gasteiger partial charge in [-0.25, -0.2) is 4.79 Å². The van der Waals surface area contributed by atoms with E-state index in [0.717, 1.165) is 16.5 Å². The number of rotatable bonds is 7. The number of hydrogen-bond acceptors (Lipinski definition) is 4. The third-order valence-electron chi connectivity index (χ3n) is 3.58. The Kier molecular flexibility index (Phi) is 5.79. The SMILES string of the molecule is COCCCC1NC(=O)N(CCc2cc(O)ccc2Br)C1=O. The van der Waals surface area contributed by atoms with Gasteiger partial charge in [-0.2, -0.15) is 0 Å². The Morgan fingerprint density at radius 2 is 2.18 bits per heavy atom. The molecule has 1 fully saturated rings. The Labute approximate surface area is 137 Å². The lowest BCUT2D eigenvalue weighted by molar-refractivity contribution is -0.127. The number of imide groups is 1. The number of carbonyl (C=O) groups excluding carboxylic acids is 2. The summed E-state index contributed by atoms with van der Waals surface area (Å²) in [5.74, 6) is -0.0368. The number of urea groups is 1. The van der Waals surface area contributed by atoms with Crippen LogP contribution >= 0.6 is 15.9 Å². The second-order valence-corrected chi connectivity index (χ2v) is 6.01. The first-order chi connectivity index (χ1) is 10.5. The van der Waals surface area contributed by atoms with E-state index < -0.39 is 6.04 Å². The van der Waals surface area contributed by atoms with Gasteiger partial charge in [-0.05, 0) is 43.0 Å². The summed E-state index contributed by atoms with van der Waals surface area (Å²) in [6, 6.07) is 4.12. The maximum absolute atomic E-state index is 12.2. The molecule has 6 nitrogen and oxygen atoms in total. The van der Waals surface area contributed by atoms with Gasteiger partial charge in [0.25, 0.3) is 5.91 Å². The first-order valence-electron chi connectivity index (χ1n) is 7.11. The molecule has 0 radical (unpaired) electrons. The van der Waals surface area contributed by atoms with Crippen LogP contribution in [0.3, 0.4) is 0 Å². The number of nitrogens with zero attached hydrogens (tertiary/aromatic N) is 1. The van der Waals surface area contributed by atoms with Gasteiger partial charge in [-0.3, -0.25) is 9.69 Å². The minimum atomic E-state index is -0.463. The molecule has 7 heteroatoms. The minimum Gasteiger partial charge on any atom is -0.508 e. The second kappa shape index (κ2) is 7.60. The highest BCUT2D eigenvalue weighted by Crippen LogP contribution is 2.23. The number of amides is 3. The highest BCUT2D eigenvalue weighted by atomic mass is 79.9. The molecule has 0 saturated carbocycles. The summed E-state index contributed by atoms with van der Waals surface area (Å²) >= 11 is 3.40. The van der Waals surface area contributed by atoms with Crippen molar-refractivity contribution in [1.82, 2.24) is 10.2 Å². The molecule has 1 heterocycles. The summed E-state index contributed by atoms with van der Waals surface area (Å²) < 4.78 is 5.80. The number of hydrogen-bond donors (Lipinski definition) is 2. The van der Waals surface area contributed by atoms with Gasteiger partial charge in [0.05, 0.1) is 0 Å². The van der Waals surface area contributed by atoms with Crippen LogP contribution in [0.2, 0.25) is 0 Å². The average molecular weight is 371 g/mol. The highest BCUT2D eigenvalue weighted by Gasteiger charge is 2.37.